The molecule has 7 heteroatoms. The van der Waals surface area contributed by atoms with Gasteiger partial charge in [-0.1, -0.05) is 30.3 Å². The number of benzene rings is 1. The molecular formula is C20H24N4O2S. The van der Waals surface area contributed by atoms with Crippen LogP contribution in [0.25, 0.3) is 0 Å². The molecule has 1 aromatic heterocycles. The van der Waals surface area contributed by atoms with Crippen LogP contribution in [0.3, 0.4) is 0 Å². The van der Waals surface area contributed by atoms with E-state index in [1.165, 1.54) is 16.9 Å². The molecule has 0 saturated carbocycles. The fourth-order valence-corrected chi connectivity index (χ4v) is 4.73. The van der Waals surface area contributed by atoms with E-state index in [1.54, 1.807) is 10.9 Å². The lowest BCUT2D eigenvalue weighted by Gasteiger charge is -2.52. The van der Waals surface area contributed by atoms with Gasteiger partial charge in [0, 0.05) is 45.2 Å². The number of piperazine rings is 1. The summed E-state index contributed by atoms with van der Waals surface area (Å²) in [5.41, 5.74) is 2.89. The Morgan fingerprint density at radius 3 is 2.56 bits per heavy atom. The summed E-state index contributed by atoms with van der Waals surface area (Å²) in [6.07, 6.45) is 1.33. The van der Waals surface area contributed by atoms with Crippen LogP contribution in [-0.4, -0.2) is 70.3 Å². The lowest BCUT2D eigenvalue weighted by molar-refractivity contribution is -0.154. The van der Waals surface area contributed by atoms with E-state index in [-0.39, 0.29) is 11.8 Å². The molecule has 2 fully saturated rings. The quantitative estimate of drug-likeness (QED) is 0.813. The summed E-state index contributed by atoms with van der Waals surface area (Å²) in [6.45, 7) is 3.54. The van der Waals surface area contributed by atoms with Crippen molar-refractivity contribution < 1.29 is 9.59 Å². The second-order valence-corrected chi connectivity index (χ2v) is 8.05. The zero-order chi connectivity index (χ0) is 18.9. The van der Waals surface area contributed by atoms with Crippen LogP contribution in [0, 0.1) is 0 Å². The molecule has 2 aliphatic rings. The minimum absolute atomic E-state index is 0.0303. The number of carbonyl (C=O) groups is 2. The van der Waals surface area contributed by atoms with E-state index in [4.69, 9.17) is 0 Å². The van der Waals surface area contributed by atoms with Gasteiger partial charge in [-0.05, 0) is 18.4 Å². The number of nitrogens with zero attached hydrogens (tertiary/aromatic N) is 4. The highest BCUT2D eigenvalue weighted by atomic mass is 32.1. The summed E-state index contributed by atoms with van der Waals surface area (Å²) >= 11 is 1.43. The van der Waals surface area contributed by atoms with Gasteiger partial charge in [-0.15, -0.1) is 11.3 Å². The smallest absolute Gasteiger partial charge is 0.273 e. The summed E-state index contributed by atoms with van der Waals surface area (Å²) in [4.78, 5) is 35.9. The number of likely N-dealkylation sites (tertiary alicyclic amines) is 1. The Morgan fingerprint density at radius 1 is 1.15 bits per heavy atom. The van der Waals surface area contributed by atoms with E-state index in [0.29, 0.717) is 31.6 Å². The summed E-state index contributed by atoms with van der Waals surface area (Å²) in [7, 11) is 1.89. The SMILES string of the molecule is CN1CCN(Cc2ccccc2)C2(CCN(C(=O)c3cscn3)CC2)C1=O. The van der Waals surface area contributed by atoms with Crippen LogP contribution in [0.4, 0.5) is 0 Å². The molecule has 1 aromatic carbocycles. The molecule has 1 spiro atoms. The first kappa shape index (κ1) is 18.1. The molecule has 0 radical (unpaired) electrons. The molecule has 3 heterocycles. The predicted octanol–water partition coefficient (Wildman–Crippen LogP) is 2.09. The van der Waals surface area contributed by atoms with Crippen molar-refractivity contribution in [1.29, 1.82) is 0 Å². The molecule has 6 nitrogen and oxygen atoms in total. The van der Waals surface area contributed by atoms with Crippen molar-refractivity contribution in [2.75, 3.05) is 33.2 Å². The maximum Gasteiger partial charge on any atom is 0.273 e. The molecule has 2 saturated heterocycles. The van der Waals surface area contributed by atoms with Gasteiger partial charge in [0.1, 0.15) is 11.2 Å². The topological polar surface area (TPSA) is 56.8 Å². The van der Waals surface area contributed by atoms with Gasteiger partial charge in [0.05, 0.1) is 5.51 Å². The number of hydrogen-bond donors (Lipinski definition) is 0. The molecule has 2 amide bonds. The lowest BCUT2D eigenvalue weighted by Crippen LogP contribution is -2.68. The Morgan fingerprint density at radius 2 is 1.89 bits per heavy atom. The Labute approximate surface area is 163 Å². The van der Waals surface area contributed by atoms with Gasteiger partial charge in [-0.2, -0.15) is 0 Å². The van der Waals surface area contributed by atoms with Gasteiger partial charge in [-0.25, -0.2) is 4.98 Å². The largest absolute Gasteiger partial charge is 0.343 e. The number of thiazole rings is 1. The third-order valence-electron chi connectivity index (χ3n) is 5.80. The molecule has 2 aliphatic heterocycles. The molecule has 2 aromatic rings. The Bertz CT molecular complexity index is 801. The van der Waals surface area contributed by atoms with E-state index in [2.05, 4.69) is 22.0 Å². The minimum atomic E-state index is -0.512. The summed E-state index contributed by atoms with van der Waals surface area (Å²) in [5.74, 6) is 0.155. The average molecular weight is 385 g/mol. The molecule has 27 heavy (non-hydrogen) atoms. The van der Waals surface area contributed by atoms with Crippen molar-refractivity contribution in [2.45, 2.75) is 24.9 Å². The van der Waals surface area contributed by atoms with Crippen LogP contribution in [0.1, 0.15) is 28.9 Å². The van der Waals surface area contributed by atoms with E-state index in [9.17, 15) is 9.59 Å². The first-order valence-corrected chi connectivity index (χ1v) is 10.3. The Hall–Kier alpha value is -2.25. The standard InChI is InChI=1S/C20H24N4O2S/c1-22-11-12-24(13-16-5-3-2-4-6-16)20(19(22)26)7-9-23(10-8-20)18(25)17-14-27-15-21-17/h2-6,14-15H,7-13H2,1H3. The molecule has 0 unspecified atom stereocenters. The second kappa shape index (κ2) is 7.40. The van der Waals surface area contributed by atoms with Gasteiger partial charge < -0.3 is 9.80 Å². The van der Waals surface area contributed by atoms with Crippen LogP contribution < -0.4 is 0 Å². The Kier molecular flexibility index (Phi) is 4.97. The van der Waals surface area contributed by atoms with Crippen molar-refractivity contribution in [3.8, 4) is 0 Å². The molecule has 0 bridgehead atoms. The summed E-state index contributed by atoms with van der Waals surface area (Å²) in [6, 6.07) is 10.3. The number of piperidine rings is 1. The molecule has 0 aliphatic carbocycles. The summed E-state index contributed by atoms with van der Waals surface area (Å²) < 4.78 is 0. The van der Waals surface area contributed by atoms with Crippen molar-refractivity contribution in [2.24, 2.45) is 0 Å². The fourth-order valence-electron chi connectivity index (χ4n) is 4.20. The highest BCUT2D eigenvalue weighted by Crippen LogP contribution is 2.35. The normalized spacial score (nSPS) is 20.3. The van der Waals surface area contributed by atoms with Crippen LogP contribution >= 0.6 is 11.3 Å². The predicted molar refractivity (Wildman–Crippen MR) is 104 cm³/mol. The van der Waals surface area contributed by atoms with E-state index in [0.717, 1.165) is 19.6 Å². The number of aromatic nitrogens is 1. The monoisotopic (exact) mass is 384 g/mol. The number of rotatable bonds is 3. The number of hydrogen-bond acceptors (Lipinski definition) is 5. The molecule has 142 valence electrons. The van der Waals surface area contributed by atoms with Gasteiger partial charge >= 0.3 is 0 Å². The van der Waals surface area contributed by atoms with Crippen molar-refractivity contribution in [3.05, 3.63) is 52.5 Å². The van der Waals surface area contributed by atoms with E-state index >= 15 is 0 Å². The summed E-state index contributed by atoms with van der Waals surface area (Å²) in [5, 5.41) is 1.79. The zero-order valence-electron chi connectivity index (χ0n) is 15.5. The highest BCUT2D eigenvalue weighted by molar-refractivity contribution is 7.07. The van der Waals surface area contributed by atoms with Crippen molar-refractivity contribution in [1.82, 2.24) is 19.7 Å². The second-order valence-electron chi connectivity index (χ2n) is 7.33. The molecule has 0 atom stereocenters. The third kappa shape index (κ3) is 3.37. The molecular weight excluding hydrogens is 360 g/mol. The van der Waals surface area contributed by atoms with Gasteiger partial charge in [0.25, 0.3) is 5.91 Å². The third-order valence-corrected chi connectivity index (χ3v) is 6.39. The van der Waals surface area contributed by atoms with Crippen LogP contribution in [0.2, 0.25) is 0 Å². The minimum Gasteiger partial charge on any atom is -0.343 e. The highest BCUT2D eigenvalue weighted by Gasteiger charge is 2.50. The van der Waals surface area contributed by atoms with Crippen molar-refractivity contribution in [3.63, 3.8) is 0 Å². The number of amides is 2. The maximum atomic E-state index is 13.2. The Balaban J connectivity index is 1.53. The number of carbonyl (C=O) groups excluding carboxylic acids is 2. The maximum absolute atomic E-state index is 13.2. The van der Waals surface area contributed by atoms with Crippen LogP contribution in [-0.2, 0) is 11.3 Å². The lowest BCUT2D eigenvalue weighted by atomic mass is 9.82. The fraction of sp³-hybridized carbons (Fsp3) is 0.450. The molecule has 4 rings (SSSR count). The van der Waals surface area contributed by atoms with Gasteiger partial charge in [0.15, 0.2) is 0 Å². The van der Waals surface area contributed by atoms with Crippen molar-refractivity contribution >= 4 is 23.2 Å². The van der Waals surface area contributed by atoms with Crippen LogP contribution in [0.15, 0.2) is 41.2 Å². The van der Waals surface area contributed by atoms with Gasteiger partial charge in [-0.3, -0.25) is 14.5 Å². The average Bonchev–Trinajstić information content (AvgIpc) is 3.24. The van der Waals surface area contributed by atoms with Gasteiger partial charge in [0.2, 0.25) is 5.91 Å². The van der Waals surface area contributed by atoms with E-state index < -0.39 is 5.54 Å². The zero-order valence-corrected chi connectivity index (χ0v) is 16.3. The molecule has 0 N–H and O–H groups in total. The first-order valence-electron chi connectivity index (χ1n) is 9.32. The van der Waals surface area contributed by atoms with Crippen LogP contribution in [0.5, 0.6) is 0 Å². The van der Waals surface area contributed by atoms with E-state index in [1.807, 2.05) is 35.0 Å². The first-order chi connectivity index (χ1) is 13.1. The number of likely N-dealkylation sites (N-methyl/N-ethyl adjacent to an activating group) is 1.